The number of carbonyl (C=O) groups excluding carboxylic acids is 1. The average molecular weight is 570 g/mol. The number of nitrogens with two attached hydrogens (primary N) is 2. The number of H-pyrrole nitrogens is 1. The van der Waals surface area contributed by atoms with Crippen molar-refractivity contribution in [2.45, 2.75) is 77.4 Å². The molecule has 41 heavy (non-hydrogen) atoms. The number of unbranched alkanes of at least 4 members (excludes halogenated alkanes) is 1. The molecule has 2 aromatic heterocycles. The van der Waals surface area contributed by atoms with E-state index in [9.17, 15) is 9.59 Å². The summed E-state index contributed by atoms with van der Waals surface area (Å²) in [4.78, 5) is 39.3. The Balaban J connectivity index is 1.70. The maximum atomic E-state index is 13.4. The Kier molecular flexibility index (Phi) is 10.4. The highest BCUT2D eigenvalue weighted by Gasteiger charge is 2.33. The molecule has 4 rings (SSSR count). The van der Waals surface area contributed by atoms with Crippen molar-refractivity contribution in [1.29, 1.82) is 0 Å². The number of carbonyl (C=O) groups is 1. The molecule has 1 aliphatic rings. The Bertz CT molecular complexity index is 1370. The molecule has 12 heteroatoms. The smallest absolute Gasteiger partial charge is 0.329 e. The zero-order valence-electron chi connectivity index (χ0n) is 24.4. The molecule has 0 amide bonds. The third-order valence-corrected chi connectivity index (χ3v) is 7.54. The second-order valence-electron chi connectivity index (χ2n) is 10.5. The maximum Gasteiger partial charge on any atom is 0.329 e. The van der Waals surface area contributed by atoms with Crippen LogP contribution in [0.2, 0.25) is 0 Å². The normalized spacial score (nSPS) is 16.4. The number of aromatic amines is 1. The predicted molar refractivity (Wildman–Crippen MR) is 157 cm³/mol. The first-order valence-electron chi connectivity index (χ1n) is 14.6. The summed E-state index contributed by atoms with van der Waals surface area (Å²) < 4.78 is 18.5. The maximum absolute atomic E-state index is 13.4. The van der Waals surface area contributed by atoms with Crippen molar-refractivity contribution in [1.82, 2.24) is 24.4 Å². The fraction of sp³-hybridized carbons (Fsp3) is 0.586. The Labute approximate surface area is 240 Å². The first kappa shape index (κ1) is 30.5. The van der Waals surface area contributed by atoms with Crippen LogP contribution in [0.1, 0.15) is 77.4 Å². The number of nitrogens with one attached hydrogen (secondary N) is 1. The zero-order chi connectivity index (χ0) is 29.4. The Hall–Kier alpha value is -3.48. The van der Waals surface area contributed by atoms with Crippen LogP contribution in [0.25, 0.3) is 11.2 Å². The summed E-state index contributed by atoms with van der Waals surface area (Å²) >= 11 is 0. The first-order valence-corrected chi connectivity index (χ1v) is 14.6. The van der Waals surface area contributed by atoms with Gasteiger partial charge < -0.3 is 30.7 Å². The van der Waals surface area contributed by atoms with Gasteiger partial charge in [0.05, 0.1) is 26.0 Å². The number of hydrogen-bond acceptors (Lipinski definition) is 10. The molecule has 0 radical (unpaired) electrons. The van der Waals surface area contributed by atoms with Crippen LogP contribution in [0, 0.1) is 0 Å². The van der Waals surface area contributed by atoms with E-state index in [1.807, 2.05) is 18.2 Å². The number of nitrogens with zero attached hydrogens (tertiary/aromatic N) is 4. The number of imidazole rings is 1. The van der Waals surface area contributed by atoms with Gasteiger partial charge in [0, 0.05) is 25.0 Å². The minimum atomic E-state index is -0.716. The number of rotatable bonds is 14. The quantitative estimate of drug-likeness (QED) is 0.149. The monoisotopic (exact) mass is 569 g/mol. The summed E-state index contributed by atoms with van der Waals surface area (Å²) in [6, 6.07) is 7.58. The minimum absolute atomic E-state index is 0.148. The second kappa shape index (κ2) is 13.9. The van der Waals surface area contributed by atoms with Gasteiger partial charge in [0.15, 0.2) is 11.5 Å². The topological polar surface area (TPSA) is 164 Å². The molecule has 1 saturated heterocycles. The van der Waals surface area contributed by atoms with Crippen LogP contribution in [0.5, 0.6) is 11.8 Å². The van der Waals surface area contributed by atoms with Crippen LogP contribution in [0.4, 0.5) is 5.82 Å². The minimum Gasteiger partial charge on any atom is -0.463 e. The standard InChI is InChI=1S/C29H43N7O5/c1-4-7-16-40-27-33-25(30)24-26(34-27)36(28(38)32-24)22(35-14-17-39-18-15-35)11-13-29(31,12-5-2)20-9-8-10-21(19-20)41-23(37)6-3/h8-10,19,22H,4-7,11-18,31H2,1-3H3,(H,32,38)(H2,30,33,34). The highest BCUT2D eigenvalue weighted by atomic mass is 16.5. The van der Waals surface area contributed by atoms with E-state index in [1.54, 1.807) is 17.6 Å². The molecule has 0 spiro atoms. The SMILES string of the molecule is CCCCOc1nc(N)c2[nH]c(=O)n(C(CCC(N)(CCC)c3cccc(OC(=O)CC)c3)N3CCOCC3)c2n1. The summed E-state index contributed by atoms with van der Waals surface area (Å²) in [6.45, 7) is 8.80. The van der Waals surface area contributed by atoms with Crippen molar-refractivity contribution in [3.8, 4) is 11.8 Å². The van der Waals surface area contributed by atoms with Crippen molar-refractivity contribution < 1.29 is 19.0 Å². The fourth-order valence-electron chi connectivity index (χ4n) is 5.32. The summed E-state index contributed by atoms with van der Waals surface area (Å²) in [5.74, 6) is 0.335. The molecule has 1 fully saturated rings. The van der Waals surface area contributed by atoms with E-state index < -0.39 is 5.54 Å². The van der Waals surface area contributed by atoms with Gasteiger partial charge >= 0.3 is 17.7 Å². The number of morpholine rings is 1. The molecule has 224 valence electrons. The number of aromatic nitrogens is 4. The fourth-order valence-corrected chi connectivity index (χ4v) is 5.32. The zero-order valence-corrected chi connectivity index (χ0v) is 24.4. The molecule has 1 aromatic carbocycles. The molecular formula is C29H43N7O5. The van der Waals surface area contributed by atoms with Crippen LogP contribution >= 0.6 is 0 Å². The molecule has 12 nitrogen and oxygen atoms in total. The van der Waals surface area contributed by atoms with Crippen molar-refractivity contribution >= 4 is 23.0 Å². The van der Waals surface area contributed by atoms with E-state index in [1.165, 1.54) is 0 Å². The van der Waals surface area contributed by atoms with Crippen molar-refractivity contribution in [3.05, 3.63) is 40.3 Å². The van der Waals surface area contributed by atoms with Gasteiger partial charge in [-0.3, -0.25) is 14.3 Å². The van der Waals surface area contributed by atoms with Crippen molar-refractivity contribution in [2.24, 2.45) is 5.73 Å². The summed E-state index contributed by atoms with van der Waals surface area (Å²) in [5, 5.41) is 0. The molecule has 2 unspecified atom stereocenters. The van der Waals surface area contributed by atoms with Gasteiger partial charge in [-0.15, -0.1) is 0 Å². The van der Waals surface area contributed by atoms with E-state index in [4.69, 9.17) is 25.7 Å². The first-order chi connectivity index (χ1) is 19.8. The number of anilines is 1. The third-order valence-electron chi connectivity index (χ3n) is 7.54. The van der Waals surface area contributed by atoms with Crippen molar-refractivity contribution in [3.63, 3.8) is 0 Å². The van der Waals surface area contributed by atoms with Gasteiger partial charge in [-0.2, -0.15) is 9.97 Å². The van der Waals surface area contributed by atoms with Gasteiger partial charge in [-0.05, 0) is 43.4 Å². The molecule has 3 aromatic rings. The van der Waals surface area contributed by atoms with Gasteiger partial charge in [-0.25, -0.2) is 4.79 Å². The largest absolute Gasteiger partial charge is 0.463 e. The van der Waals surface area contributed by atoms with E-state index >= 15 is 0 Å². The van der Waals surface area contributed by atoms with Gasteiger partial charge in [-0.1, -0.05) is 45.7 Å². The summed E-state index contributed by atoms with van der Waals surface area (Å²) in [7, 11) is 0. The predicted octanol–water partition coefficient (Wildman–Crippen LogP) is 3.46. The number of nitrogen functional groups attached to an aromatic ring is 1. The van der Waals surface area contributed by atoms with E-state index in [0.717, 1.165) is 24.8 Å². The van der Waals surface area contributed by atoms with Crippen LogP contribution in [0.3, 0.4) is 0 Å². The molecule has 2 atom stereocenters. The molecule has 5 N–H and O–H groups in total. The lowest BCUT2D eigenvalue weighted by molar-refractivity contribution is -0.134. The lowest BCUT2D eigenvalue weighted by Gasteiger charge is -2.38. The highest BCUT2D eigenvalue weighted by Crippen LogP contribution is 2.35. The number of benzene rings is 1. The second-order valence-corrected chi connectivity index (χ2v) is 10.5. The molecule has 0 saturated carbocycles. The molecule has 3 heterocycles. The Morgan fingerprint density at radius 2 is 1.95 bits per heavy atom. The molecular weight excluding hydrogens is 526 g/mol. The van der Waals surface area contributed by atoms with Crippen LogP contribution < -0.4 is 26.6 Å². The Morgan fingerprint density at radius 1 is 1.17 bits per heavy atom. The lowest BCUT2D eigenvalue weighted by Crippen LogP contribution is -2.45. The third kappa shape index (κ3) is 7.24. The number of esters is 1. The van der Waals surface area contributed by atoms with Gasteiger partial charge in [0.1, 0.15) is 11.3 Å². The molecule has 0 bridgehead atoms. The van der Waals surface area contributed by atoms with E-state index in [2.05, 4.69) is 33.7 Å². The van der Waals surface area contributed by atoms with E-state index in [0.29, 0.717) is 69.1 Å². The summed E-state index contributed by atoms with van der Waals surface area (Å²) in [6.07, 6.45) is 4.42. The van der Waals surface area contributed by atoms with E-state index in [-0.39, 0.29) is 36.1 Å². The molecule has 1 aliphatic heterocycles. The number of fused-ring (bicyclic) bond motifs is 1. The highest BCUT2D eigenvalue weighted by molar-refractivity contribution is 5.82. The molecule has 0 aliphatic carbocycles. The Morgan fingerprint density at radius 3 is 2.66 bits per heavy atom. The number of hydrogen-bond donors (Lipinski definition) is 3. The average Bonchev–Trinajstić information content (AvgIpc) is 3.30. The van der Waals surface area contributed by atoms with Crippen molar-refractivity contribution in [2.75, 3.05) is 38.6 Å². The van der Waals surface area contributed by atoms with Crippen LogP contribution in [-0.2, 0) is 15.1 Å². The van der Waals surface area contributed by atoms with Crippen LogP contribution in [-0.4, -0.2) is 63.3 Å². The number of ether oxygens (including phenoxy) is 3. The van der Waals surface area contributed by atoms with Crippen LogP contribution in [0.15, 0.2) is 29.1 Å². The lowest BCUT2D eigenvalue weighted by atomic mass is 9.82. The van der Waals surface area contributed by atoms with Gasteiger partial charge in [0.25, 0.3) is 0 Å². The van der Waals surface area contributed by atoms with Gasteiger partial charge in [0.2, 0.25) is 0 Å². The summed E-state index contributed by atoms with van der Waals surface area (Å²) in [5.41, 5.74) is 14.0.